The standard InChI is InChI=1S/C20H29NO4/c1-3-25-18-12-7-15(13-14(18)2)5-4-6-19(22)21-17-10-8-16(9-11-17)20(23)24/h7,12-13,16-17H,3-6,8-11H2,1-2H3,(H,21,22)(H,23,24). The number of aliphatic carboxylic acids is 1. The fraction of sp³-hybridized carbons (Fsp3) is 0.600. The van der Waals surface area contributed by atoms with E-state index in [-0.39, 0.29) is 17.9 Å². The lowest BCUT2D eigenvalue weighted by atomic mass is 9.86. The highest BCUT2D eigenvalue weighted by atomic mass is 16.5. The van der Waals surface area contributed by atoms with Gasteiger partial charge in [0.05, 0.1) is 12.5 Å². The summed E-state index contributed by atoms with van der Waals surface area (Å²) in [5, 5.41) is 12.1. The molecule has 0 bridgehead atoms. The Morgan fingerprint density at radius 1 is 1.24 bits per heavy atom. The van der Waals surface area contributed by atoms with E-state index in [1.807, 2.05) is 19.9 Å². The van der Waals surface area contributed by atoms with Crippen LogP contribution in [0.15, 0.2) is 18.2 Å². The molecule has 2 rings (SSSR count). The van der Waals surface area contributed by atoms with Gasteiger partial charge in [-0.05, 0) is 69.6 Å². The molecular weight excluding hydrogens is 318 g/mol. The molecule has 0 saturated heterocycles. The predicted octanol–water partition coefficient (Wildman–Crippen LogP) is 3.48. The van der Waals surface area contributed by atoms with Crippen LogP contribution in [0.25, 0.3) is 0 Å². The van der Waals surface area contributed by atoms with Gasteiger partial charge in [0.25, 0.3) is 0 Å². The summed E-state index contributed by atoms with van der Waals surface area (Å²) in [5.41, 5.74) is 2.34. The van der Waals surface area contributed by atoms with Crippen molar-refractivity contribution >= 4 is 11.9 Å². The second-order valence-corrected chi connectivity index (χ2v) is 6.84. The van der Waals surface area contributed by atoms with Crippen LogP contribution >= 0.6 is 0 Å². The second-order valence-electron chi connectivity index (χ2n) is 6.84. The monoisotopic (exact) mass is 347 g/mol. The summed E-state index contributed by atoms with van der Waals surface area (Å²) < 4.78 is 5.54. The van der Waals surface area contributed by atoms with E-state index in [0.29, 0.717) is 25.9 Å². The number of rotatable bonds is 8. The first kappa shape index (κ1) is 19.3. The Balaban J connectivity index is 1.69. The highest BCUT2D eigenvalue weighted by Crippen LogP contribution is 2.24. The number of amides is 1. The molecule has 0 aromatic heterocycles. The zero-order chi connectivity index (χ0) is 18.2. The zero-order valence-electron chi connectivity index (χ0n) is 15.2. The highest BCUT2D eigenvalue weighted by Gasteiger charge is 2.26. The fourth-order valence-corrected chi connectivity index (χ4v) is 3.42. The molecule has 0 atom stereocenters. The topological polar surface area (TPSA) is 75.6 Å². The van der Waals surface area contributed by atoms with Crippen LogP contribution in [0.2, 0.25) is 0 Å². The lowest BCUT2D eigenvalue weighted by Gasteiger charge is -2.26. The maximum atomic E-state index is 12.1. The number of carboxylic acid groups (broad SMARTS) is 1. The van der Waals surface area contributed by atoms with Gasteiger partial charge in [0.1, 0.15) is 5.75 Å². The van der Waals surface area contributed by atoms with Gasteiger partial charge in [-0.1, -0.05) is 12.1 Å². The molecule has 1 fully saturated rings. The van der Waals surface area contributed by atoms with E-state index in [0.717, 1.165) is 37.0 Å². The Hall–Kier alpha value is -2.04. The Morgan fingerprint density at radius 3 is 2.56 bits per heavy atom. The molecule has 0 aliphatic heterocycles. The smallest absolute Gasteiger partial charge is 0.306 e. The SMILES string of the molecule is CCOc1ccc(CCCC(=O)NC2CCC(C(=O)O)CC2)cc1C. The number of benzene rings is 1. The van der Waals surface area contributed by atoms with E-state index in [9.17, 15) is 9.59 Å². The van der Waals surface area contributed by atoms with Crippen molar-refractivity contribution in [2.45, 2.75) is 64.8 Å². The molecule has 1 aromatic rings. The van der Waals surface area contributed by atoms with E-state index in [2.05, 4.69) is 17.4 Å². The first-order valence-corrected chi connectivity index (χ1v) is 9.24. The average Bonchev–Trinajstić information content (AvgIpc) is 2.58. The molecule has 0 spiro atoms. The van der Waals surface area contributed by atoms with Crippen molar-refractivity contribution in [1.29, 1.82) is 0 Å². The predicted molar refractivity (Wildman–Crippen MR) is 96.8 cm³/mol. The Kier molecular flexibility index (Phi) is 7.29. The third-order valence-electron chi connectivity index (χ3n) is 4.85. The van der Waals surface area contributed by atoms with Crippen LogP contribution in [0.1, 0.15) is 56.6 Å². The third kappa shape index (κ3) is 6.07. The maximum Gasteiger partial charge on any atom is 0.306 e. The van der Waals surface area contributed by atoms with Crippen molar-refractivity contribution in [2.24, 2.45) is 5.92 Å². The van der Waals surface area contributed by atoms with Crippen molar-refractivity contribution in [3.05, 3.63) is 29.3 Å². The Morgan fingerprint density at radius 2 is 1.96 bits per heavy atom. The minimum atomic E-state index is -0.713. The first-order valence-electron chi connectivity index (χ1n) is 9.24. The van der Waals surface area contributed by atoms with Gasteiger partial charge >= 0.3 is 5.97 Å². The van der Waals surface area contributed by atoms with Gasteiger partial charge in [-0.15, -0.1) is 0 Å². The van der Waals surface area contributed by atoms with Crippen LogP contribution in [0, 0.1) is 12.8 Å². The van der Waals surface area contributed by atoms with E-state index < -0.39 is 5.97 Å². The summed E-state index contributed by atoms with van der Waals surface area (Å²) in [4.78, 5) is 23.0. The van der Waals surface area contributed by atoms with E-state index >= 15 is 0 Å². The molecular formula is C20H29NO4. The van der Waals surface area contributed by atoms with Crippen LogP contribution in [0.5, 0.6) is 5.75 Å². The maximum absolute atomic E-state index is 12.1. The van der Waals surface area contributed by atoms with Crippen molar-refractivity contribution in [3.8, 4) is 5.75 Å². The van der Waals surface area contributed by atoms with Crippen molar-refractivity contribution in [2.75, 3.05) is 6.61 Å². The summed E-state index contributed by atoms with van der Waals surface area (Å²) in [6.07, 6.45) is 5.03. The number of hydrogen-bond donors (Lipinski definition) is 2. The summed E-state index contributed by atoms with van der Waals surface area (Å²) >= 11 is 0. The molecule has 25 heavy (non-hydrogen) atoms. The van der Waals surface area contributed by atoms with Gasteiger partial charge < -0.3 is 15.2 Å². The number of hydrogen-bond acceptors (Lipinski definition) is 3. The fourth-order valence-electron chi connectivity index (χ4n) is 3.42. The van der Waals surface area contributed by atoms with Gasteiger partial charge in [-0.2, -0.15) is 0 Å². The molecule has 138 valence electrons. The molecule has 5 heteroatoms. The van der Waals surface area contributed by atoms with Gasteiger partial charge in [0.2, 0.25) is 5.91 Å². The highest BCUT2D eigenvalue weighted by molar-refractivity contribution is 5.76. The average molecular weight is 347 g/mol. The molecule has 1 aliphatic rings. The number of carbonyl (C=O) groups excluding carboxylic acids is 1. The Bertz CT molecular complexity index is 591. The minimum Gasteiger partial charge on any atom is -0.494 e. The number of carboxylic acids is 1. The molecule has 2 N–H and O–H groups in total. The molecule has 1 aromatic carbocycles. The van der Waals surface area contributed by atoms with Crippen LogP contribution < -0.4 is 10.1 Å². The largest absolute Gasteiger partial charge is 0.494 e. The minimum absolute atomic E-state index is 0.0708. The van der Waals surface area contributed by atoms with Gasteiger partial charge in [0.15, 0.2) is 0 Å². The summed E-state index contributed by atoms with van der Waals surface area (Å²) in [5.74, 6) is 0.0360. The van der Waals surface area contributed by atoms with Gasteiger partial charge in [0, 0.05) is 12.5 Å². The van der Waals surface area contributed by atoms with Crippen LogP contribution in [0.3, 0.4) is 0 Å². The molecule has 1 aliphatic carbocycles. The van der Waals surface area contributed by atoms with Crippen molar-refractivity contribution in [3.63, 3.8) is 0 Å². The number of nitrogens with one attached hydrogen (secondary N) is 1. The quantitative estimate of drug-likeness (QED) is 0.755. The molecule has 0 unspecified atom stereocenters. The molecule has 1 saturated carbocycles. The summed E-state index contributed by atoms with van der Waals surface area (Å²) in [6, 6.07) is 6.31. The Labute approximate surface area is 149 Å². The van der Waals surface area contributed by atoms with E-state index in [1.165, 1.54) is 5.56 Å². The molecule has 1 amide bonds. The van der Waals surface area contributed by atoms with E-state index in [4.69, 9.17) is 9.84 Å². The third-order valence-corrected chi connectivity index (χ3v) is 4.85. The molecule has 5 nitrogen and oxygen atoms in total. The second kappa shape index (κ2) is 9.44. The summed E-state index contributed by atoms with van der Waals surface area (Å²) in [6.45, 7) is 4.67. The van der Waals surface area contributed by atoms with E-state index in [1.54, 1.807) is 0 Å². The summed E-state index contributed by atoms with van der Waals surface area (Å²) in [7, 11) is 0. The first-order chi connectivity index (χ1) is 12.0. The van der Waals surface area contributed by atoms with Gasteiger partial charge in [-0.25, -0.2) is 0 Å². The van der Waals surface area contributed by atoms with Crippen LogP contribution in [-0.2, 0) is 16.0 Å². The lowest BCUT2D eigenvalue weighted by Crippen LogP contribution is -2.38. The number of carbonyl (C=O) groups is 2. The van der Waals surface area contributed by atoms with Crippen molar-refractivity contribution in [1.82, 2.24) is 5.32 Å². The number of aryl methyl sites for hydroxylation is 2. The number of ether oxygens (including phenoxy) is 1. The van der Waals surface area contributed by atoms with Crippen LogP contribution in [-0.4, -0.2) is 29.6 Å². The lowest BCUT2D eigenvalue weighted by molar-refractivity contribution is -0.142. The zero-order valence-corrected chi connectivity index (χ0v) is 15.2. The van der Waals surface area contributed by atoms with Gasteiger partial charge in [-0.3, -0.25) is 9.59 Å². The molecule has 0 heterocycles. The van der Waals surface area contributed by atoms with Crippen LogP contribution in [0.4, 0.5) is 0 Å². The normalized spacial score (nSPS) is 20.1. The van der Waals surface area contributed by atoms with Crippen molar-refractivity contribution < 1.29 is 19.4 Å². The molecule has 0 radical (unpaired) electrons.